The first-order chi connectivity index (χ1) is 7.56. The summed E-state index contributed by atoms with van der Waals surface area (Å²) in [7, 11) is 0. The molecule has 0 fully saturated rings. The molecule has 0 spiro atoms. The summed E-state index contributed by atoms with van der Waals surface area (Å²) in [6.45, 7) is 3.27. The Morgan fingerprint density at radius 1 is 0.812 bits per heavy atom. The minimum atomic E-state index is -4.49. The van der Waals surface area contributed by atoms with Gasteiger partial charge in [-0.25, -0.2) is 0 Å². The van der Waals surface area contributed by atoms with Gasteiger partial charge in [0.25, 0.3) is 0 Å². The molecule has 0 rings (SSSR count). The predicted molar refractivity (Wildman–Crippen MR) is 56.2 cm³/mol. The fourth-order valence-electron chi connectivity index (χ4n) is 1.23. The molecule has 0 unspecified atom stereocenters. The first-order valence-corrected chi connectivity index (χ1v) is 5.84. The maximum Gasteiger partial charge on any atom is 0.522 e. The van der Waals surface area contributed by atoms with Crippen LogP contribution in [0.1, 0.15) is 45.4 Å². The summed E-state index contributed by atoms with van der Waals surface area (Å²) in [5, 5.41) is 0. The Bertz CT molecular complexity index is 149. The number of hydrogen-bond donors (Lipinski definition) is 0. The van der Waals surface area contributed by atoms with E-state index in [1.807, 2.05) is 0 Å². The van der Waals surface area contributed by atoms with Crippen molar-refractivity contribution in [2.75, 3.05) is 19.8 Å². The Hall–Kier alpha value is -0.290. The molecule has 0 heterocycles. The maximum absolute atomic E-state index is 11.6. The molecule has 0 aromatic carbocycles. The molecule has 0 radical (unpaired) electrons. The molecule has 0 amide bonds. The van der Waals surface area contributed by atoms with Crippen LogP contribution in [0.5, 0.6) is 0 Å². The molecule has 0 aromatic rings. The average molecular weight is 242 g/mol. The van der Waals surface area contributed by atoms with E-state index in [-0.39, 0.29) is 6.61 Å². The Labute approximate surface area is 95.1 Å². The van der Waals surface area contributed by atoms with Crippen molar-refractivity contribution < 1.29 is 22.6 Å². The van der Waals surface area contributed by atoms with Crippen molar-refractivity contribution in [1.82, 2.24) is 0 Å². The standard InChI is InChI=1S/C11H21F3O2/c1-2-3-5-8-15-9-6-4-7-10-16-11(12,13)14/h2-10H2,1H3. The van der Waals surface area contributed by atoms with E-state index in [4.69, 9.17) is 4.74 Å². The van der Waals surface area contributed by atoms with E-state index in [9.17, 15) is 13.2 Å². The highest BCUT2D eigenvalue weighted by Crippen LogP contribution is 2.16. The molecule has 0 saturated carbocycles. The van der Waals surface area contributed by atoms with E-state index in [0.29, 0.717) is 19.4 Å². The Balaban J connectivity index is 2.99. The van der Waals surface area contributed by atoms with E-state index in [2.05, 4.69) is 11.7 Å². The van der Waals surface area contributed by atoms with Crippen molar-refractivity contribution in [2.45, 2.75) is 51.8 Å². The molecule has 0 N–H and O–H groups in total. The molecule has 2 nitrogen and oxygen atoms in total. The molecular weight excluding hydrogens is 221 g/mol. The van der Waals surface area contributed by atoms with E-state index in [0.717, 1.165) is 25.9 Å². The van der Waals surface area contributed by atoms with Crippen LogP contribution in [-0.4, -0.2) is 26.2 Å². The van der Waals surface area contributed by atoms with E-state index < -0.39 is 6.36 Å². The van der Waals surface area contributed by atoms with Gasteiger partial charge in [0.1, 0.15) is 0 Å². The molecule has 0 aliphatic rings. The monoisotopic (exact) mass is 242 g/mol. The molecular formula is C11H21F3O2. The van der Waals surface area contributed by atoms with Crippen LogP contribution in [0, 0.1) is 0 Å². The highest BCUT2D eigenvalue weighted by molar-refractivity contribution is 4.42. The molecule has 0 aliphatic heterocycles. The van der Waals surface area contributed by atoms with Gasteiger partial charge in [0, 0.05) is 13.2 Å². The lowest BCUT2D eigenvalue weighted by Crippen LogP contribution is -2.14. The number of rotatable bonds is 10. The minimum Gasteiger partial charge on any atom is -0.381 e. The molecule has 0 saturated heterocycles. The Kier molecular flexibility index (Phi) is 9.72. The third-order valence-corrected chi connectivity index (χ3v) is 2.09. The summed E-state index contributed by atoms with van der Waals surface area (Å²) in [5.41, 5.74) is 0. The smallest absolute Gasteiger partial charge is 0.381 e. The van der Waals surface area contributed by atoms with Crippen LogP contribution in [0.25, 0.3) is 0 Å². The van der Waals surface area contributed by atoms with Crippen molar-refractivity contribution in [3.8, 4) is 0 Å². The number of hydrogen-bond acceptors (Lipinski definition) is 2. The van der Waals surface area contributed by atoms with Crippen molar-refractivity contribution in [2.24, 2.45) is 0 Å². The number of alkyl halides is 3. The summed E-state index contributed by atoms with van der Waals surface area (Å²) in [6, 6.07) is 0. The second kappa shape index (κ2) is 9.90. The lowest BCUT2D eigenvalue weighted by molar-refractivity contribution is -0.324. The fourth-order valence-corrected chi connectivity index (χ4v) is 1.23. The molecule has 0 bridgehead atoms. The summed E-state index contributed by atoms with van der Waals surface area (Å²) >= 11 is 0. The molecule has 16 heavy (non-hydrogen) atoms. The van der Waals surface area contributed by atoms with Crippen molar-refractivity contribution >= 4 is 0 Å². The lowest BCUT2D eigenvalue weighted by Gasteiger charge is -2.07. The summed E-state index contributed by atoms with van der Waals surface area (Å²) in [6.07, 6.45) is 0.844. The zero-order valence-electron chi connectivity index (χ0n) is 9.81. The van der Waals surface area contributed by atoms with Gasteiger partial charge < -0.3 is 4.74 Å². The van der Waals surface area contributed by atoms with Gasteiger partial charge in [-0.3, -0.25) is 4.74 Å². The highest BCUT2D eigenvalue weighted by Gasteiger charge is 2.28. The fraction of sp³-hybridized carbons (Fsp3) is 1.00. The van der Waals surface area contributed by atoms with Crippen molar-refractivity contribution in [3.63, 3.8) is 0 Å². The van der Waals surface area contributed by atoms with Gasteiger partial charge >= 0.3 is 6.36 Å². The third kappa shape index (κ3) is 13.7. The molecule has 0 aliphatic carbocycles. The summed E-state index contributed by atoms with van der Waals surface area (Å²) in [4.78, 5) is 0. The zero-order valence-corrected chi connectivity index (χ0v) is 9.81. The zero-order chi connectivity index (χ0) is 12.3. The van der Waals surface area contributed by atoms with E-state index >= 15 is 0 Å². The SMILES string of the molecule is CCCCCOCCCCCOC(F)(F)F. The number of unbranched alkanes of at least 4 members (excludes halogenated alkanes) is 4. The van der Waals surface area contributed by atoms with E-state index in [1.165, 1.54) is 6.42 Å². The maximum atomic E-state index is 11.6. The third-order valence-electron chi connectivity index (χ3n) is 2.09. The molecule has 0 atom stereocenters. The summed E-state index contributed by atoms with van der Waals surface area (Å²) in [5.74, 6) is 0. The molecule has 0 aromatic heterocycles. The normalized spacial score (nSPS) is 12.0. The topological polar surface area (TPSA) is 18.5 Å². The molecule has 98 valence electrons. The van der Waals surface area contributed by atoms with Crippen LogP contribution in [0.15, 0.2) is 0 Å². The first-order valence-electron chi connectivity index (χ1n) is 5.84. The average Bonchev–Trinajstić information content (AvgIpc) is 2.19. The number of ether oxygens (including phenoxy) is 2. The van der Waals surface area contributed by atoms with Gasteiger partial charge in [-0.05, 0) is 25.7 Å². The van der Waals surface area contributed by atoms with Crippen LogP contribution in [0.3, 0.4) is 0 Å². The quantitative estimate of drug-likeness (QED) is 0.541. The van der Waals surface area contributed by atoms with Crippen LogP contribution < -0.4 is 0 Å². The van der Waals surface area contributed by atoms with Gasteiger partial charge in [-0.15, -0.1) is 13.2 Å². The summed E-state index contributed by atoms with van der Waals surface area (Å²) < 4.78 is 43.6. The Morgan fingerprint density at radius 3 is 1.94 bits per heavy atom. The second-order valence-corrected chi connectivity index (χ2v) is 3.67. The van der Waals surface area contributed by atoms with E-state index in [1.54, 1.807) is 0 Å². The van der Waals surface area contributed by atoms with Crippen molar-refractivity contribution in [1.29, 1.82) is 0 Å². The van der Waals surface area contributed by atoms with Gasteiger partial charge in [-0.2, -0.15) is 0 Å². The largest absolute Gasteiger partial charge is 0.522 e. The molecule has 5 heteroatoms. The minimum absolute atomic E-state index is 0.251. The van der Waals surface area contributed by atoms with Gasteiger partial charge in [0.15, 0.2) is 0 Å². The van der Waals surface area contributed by atoms with Gasteiger partial charge in [0.2, 0.25) is 0 Å². The lowest BCUT2D eigenvalue weighted by atomic mass is 10.2. The van der Waals surface area contributed by atoms with Crippen molar-refractivity contribution in [3.05, 3.63) is 0 Å². The van der Waals surface area contributed by atoms with Crippen LogP contribution >= 0.6 is 0 Å². The van der Waals surface area contributed by atoms with Gasteiger partial charge in [0.05, 0.1) is 6.61 Å². The number of halogens is 3. The first kappa shape index (κ1) is 15.7. The second-order valence-electron chi connectivity index (χ2n) is 3.67. The highest BCUT2D eigenvalue weighted by atomic mass is 19.4. The van der Waals surface area contributed by atoms with Crippen LogP contribution in [0.4, 0.5) is 13.2 Å². The van der Waals surface area contributed by atoms with Crippen LogP contribution in [0.2, 0.25) is 0 Å². The van der Waals surface area contributed by atoms with Gasteiger partial charge in [-0.1, -0.05) is 19.8 Å². The Morgan fingerprint density at radius 2 is 1.38 bits per heavy atom. The predicted octanol–water partition coefficient (Wildman–Crippen LogP) is 3.90. The van der Waals surface area contributed by atoms with Crippen LogP contribution in [-0.2, 0) is 9.47 Å².